The number of carbonyl (C=O) groups is 1. The quantitative estimate of drug-likeness (QED) is 0.639. The van der Waals surface area contributed by atoms with Crippen LogP contribution in [0.4, 0.5) is 0 Å². The van der Waals surface area contributed by atoms with Gasteiger partial charge in [0.2, 0.25) is 0 Å². The Morgan fingerprint density at radius 1 is 1.38 bits per heavy atom. The van der Waals surface area contributed by atoms with E-state index >= 15 is 0 Å². The Balaban J connectivity index is 1.75. The minimum Gasteiger partial charge on any atom is -0.379 e. The molecule has 2 aliphatic rings. The van der Waals surface area contributed by atoms with E-state index in [1.54, 1.807) is 0 Å². The van der Waals surface area contributed by atoms with Gasteiger partial charge in [0, 0.05) is 19.6 Å². The fourth-order valence-corrected chi connectivity index (χ4v) is 1.97. The van der Waals surface area contributed by atoms with Gasteiger partial charge in [-0.05, 0) is 12.8 Å². The summed E-state index contributed by atoms with van der Waals surface area (Å²) in [5.74, 6) is -0.0575. The fourth-order valence-electron chi connectivity index (χ4n) is 1.97. The third kappa shape index (κ3) is 2.91. The maximum absolute atomic E-state index is 11.8. The van der Waals surface area contributed by atoms with Gasteiger partial charge in [0.25, 0.3) is 5.91 Å². The van der Waals surface area contributed by atoms with Crippen molar-refractivity contribution in [3.63, 3.8) is 0 Å². The van der Waals surface area contributed by atoms with Gasteiger partial charge in [-0.25, -0.2) is 5.01 Å². The van der Waals surface area contributed by atoms with Crippen molar-refractivity contribution in [2.24, 2.45) is 5.73 Å². The Morgan fingerprint density at radius 2 is 2.12 bits per heavy atom. The van der Waals surface area contributed by atoms with Crippen LogP contribution in [0.1, 0.15) is 12.8 Å². The molecule has 6 heteroatoms. The summed E-state index contributed by atoms with van der Waals surface area (Å²) in [6.45, 7) is 3.29. The molecular weight excluding hydrogens is 210 g/mol. The van der Waals surface area contributed by atoms with Gasteiger partial charge < -0.3 is 15.2 Å². The molecule has 0 spiro atoms. The molecule has 16 heavy (non-hydrogen) atoms. The molecule has 6 nitrogen and oxygen atoms in total. The van der Waals surface area contributed by atoms with Gasteiger partial charge >= 0.3 is 0 Å². The number of hydrogen-bond donors (Lipinski definition) is 2. The van der Waals surface area contributed by atoms with Crippen LogP contribution in [0.3, 0.4) is 0 Å². The summed E-state index contributed by atoms with van der Waals surface area (Å²) in [6.07, 6.45) is 1.34. The molecule has 0 aromatic carbocycles. The lowest BCUT2D eigenvalue weighted by Gasteiger charge is -2.28. The van der Waals surface area contributed by atoms with Gasteiger partial charge in [-0.2, -0.15) is 0 Å². The van der Waals surface area contributed by atoms with Crippen LogP contribution in [0, 0.1) is 0 Å². The van der Waals surface area contributed by atoms with Crippen LogP contribution in [0.15, 0.2) is 0 Å². The van der Waals surface area contributed by atoms with Crippen LogP contribution in [0.25, 0.3) is 0 Å². The van der Waals surface area contributed by atoms with Gasteiger partial charge in [-0.3, -0.25) is 10.2 Å². The van der Waals surface area contributed by atoms with Crippen molar-refractivity contribution in [3.05, 3.63) is 0 Å². The number of morpholine rings is 1. The van der Waals surface area contributed by atoms with Crippen LogP contribution < -0.4 is 11.2 Å². The molecular formula is C10H19N3O3. The Bertz CT molecular complexity index is 243. The molecule has 2 aliphatic heterocycles. The van der Waals surface area contributed by atoms with Crippen molar-refractivity contribution in [2.75, 3.05) is 32.8 Å². The van der Waals surface area contributed by atoms with Crippen LogP contribution in [-0.2, 0) is 14.3 Å². The second-order valence-electron chi connectivity index (χ2n) is 4.14. The van der Waals surface area contributed by atoms with Gasteiger partial charge in [0.1, 0.15) is 6.10 Å². The molecule has 2 heterocycles. The second-order valence-corrected chi connectivity index (χ2v) is 4.14. The maximum Gasteiger partial charge on any atom is 0.263 e. The van der Waals surface area contributed by atoms with Gasteiger partial charge in [0.15, 0.2) is 0 Å². The Kier molecular flexibility index (Phi) is 4.11. The summed E-state index contributed by atoms with van der Waals surface area (Å²) in [5.41, 5.74) is 8.35. The van der Waals surface area contributed by atoms with E-state index < -0.39 is 0 Å². The van der Waals surface area contributed by atoms with E-state index in [2.05, 4.69) is 5.43 Å². The third-order valence-corrected chi connectivity index (χ3v) is 2.94. The van der Waals surface area contributed by atoms with Crippen LogP contribution in [0.2, 0.25) is 0 Å². The van der Waals surface area contributed by atoms with E-state index in [4.69, 9.17) is 15.2 Å². The molecule has 3 N–H and O–H groups in total. The first-order valence-corrected chi connectivity index (χ1v) is 5.78. The van der Waals surface area contributed by atoms with Crippen molar-refractivity contribution in [2.45, 2.75) is 25.0 Å². The topological polar surface area (TPSA) is 76.8 Å². The zero-order chi connectivity index (χ0) is 11.4. The molecule has 0 aromatic heterocycles. The molecule has 0 radical (unpaired) electrons. The summed E-state index contributed by atoms with van der Waals surface area (Å²) < 4.78 is 10.7. The number of nitrogens with one attached hydrogen (secondary N) is 1. The molecule has 0 aromatic rings. The van der Waals surface area contributed by atoms with Gasteiger partial charge in [-0.15, -0.1) is 0 Å². The van der Waals surface area contributed by atoms with E-state index in [0.29, 0.717) is 19.8 Å². The molecule has 2 fully saturated rings. The minimum atomic E-state index is -0.337. The monoisotopic (exact) mass is 229 g/mol. The average Bonchev–Trinajstić information content (AvgIpc) is 2.79. The first-order valence-electron chi connectivity index (χ1n) is 5.78. The number of rotatable bonds is 3. The van der Waals surface area contributed by atoms with Gasteiger partial charge in [-0.1, -0.05) is 0 Å². The maximum atomic E-state index is 11.8. The molecule has 2 atom stereocenters. The summed E-state index contributed by atoms with van der Waals surface area (Å²) in [6, 6.07) is 0. The number of amides is 1. The summed E-state index contributed by atoms with van der Waals surface area (Å²) >= 11 is 0. The van der Waals surface area contributed by atoms with Crippen LogP contribution >= 0.6 is 0 Å². The van der Waals surface area contributed by atoms with E-state index in [1.807, 2.05) is 5.01 Å². The molecule has 2 rings (SSSR count). The highest BCUT2D eigenvalue weighted by molar-refractivity contribution is 5.80. The smallest absolute Gasteiger partial charge is 0.263 e. The number of ether oxygens (including phenoxy) is 2. The van der Waals surface area contributed by atoms with Crippen molar-refractivity contribution in [1.82, 2.24) is 10.4 Å². The third-order valence-electron chi connectivity index (χ3n) is 2.94. The predicted molar refractivity (Wildman–Crippen MR) is 57.5 cm³/mol. The van der Waals surface area contributed by atoms with Crippen LogP contribution in [-0.4, -0.2) is 56.0 Å². The van der Waals surface area contributed by atoms with Gasteiger partial charge in [0.05, 0.1) is 19.3 Å². The molecule has 1 amide bonds. The standard InChI is InChI=1S/C10H19N3O3/c11-7-8-1-2-9(16-8)10(14)12-13-3-5-15-6-4-13/h8-9H,1-7,11H2,(H,12,14). The van der Waals surface area contributed by atoms with Crippen LogP contribution in [0.5, 0.6) is 0 Å². The fraction of sp³-hybridized carbons (Fsp3) is 0.900. The highest BCUT2D eigenvalue weighted by atomic mass is 16.5. The number of hydrazine groups is 1. The second kappa shape index (κ2) is 5.58. The summed E-state index contributed by atoms with van der Waals surface area (Å²) in [7, 11) is 0. The molecule has 2 saturated heterocycles. The number of hydrogen-bond acceptors (Lipinski definition) is 5. The predicted octanol–water partition coefficient (Wildman–Crippen LogP) is -1.14. The Morgan fingerprint density at radius 3 is 2.75 bits per heavy atom. The van der Waals surface area contributed by atoms with E-state index in [9.17, 15) is 4.79 Å². The van der Waals surface area contributed by atoms with E-state index in [1.165, 1.54) is 0 Å². The minimum absolute atomic E-state index is 0.0421. The SMILES string of the molecule is NCC1CCC(C(=O)NN2CCOCC2)O1. The Labute approximate surface area is 95.0 Å². The van der Waals surface area contributed by atoms with Crippen molar-refractivity contribution in [3.8, 4) is 0 Å². The molecule has 2 unspecified atom stereocenters. The number of nitrogens with zero attached hydrogens (tertiary/aromatic N) is 1. The van der Waals surface area contributed by atoms with E-state index in [0.717, 1.165) is 25.9 Å². The lowest BCUT2D eigenvalue weighted by molar-refractivity contribution is -0.138. The zero-order valence-corrected chi connectivity index (χ0v) is 9.35. The molecule has 0 saturated carbocycles. The molecule has 92 valence electrons. The first-order chi connectivity index (χ1) is 7.79. The van der Waals surface area contributed by atoms with Crippen molar-refractivity contribution >= 4 is 5.91 Å². The van der Waals surface area contributed by atoms with Crippen molar-refractivity contribution < 1.29 is 14.3 Å². The lowest BCUT2D eigenvalue weighted by Crippen LogP contribution is -2.51. The zero-order valence-electron chi connectivity index (χ0n) is 9.35. The largest absolute Gasteiger partial charge is 0.379 e. The van der Waals surface area contributed by atoms with E-state index in [-0.39, 0.29) is 18.1 Å². The highest BCUT2D eigenvalue weighted by Gasteiger charge is 2.30. The highest BCUT2D eigenvalue weighted by Crippen LogP contribution is 2.18. The van der Waals surface area contributed by atoms with Crippen molar-refractivity contribution in [1.29, 1.82) is 0 Å². The first kappa shape index (κ1) is 11.8. The Hall–Kier alpha value is -0.690. The molecule has 0 bridgehead atoms. The lowest BCUT2D eigenvalue weighted by atomic mass is 10.2. The average molecular weight is 229 g/mol. The summed E-state index contributed by atoms with van der Waals surface area (Å²) in [5, 5.41) is 1.88. The normalized spacial score (nSPS) is 31.6. The number of carbonyl (C=O) groups excluding carboxylic acids is 1. The number of nitrogens with two attached hydrogens (primary N) is 1. The molecule has 0 aliphatic carbocycles. The summed E-state index contributed by atoms with van der Waals surface area (Å²) in [4.78, 5) is 11.8.